The Morgan fingerprint density at radius 1 is 1.03 bits per heavy atom. The maximum atomic E-state index is 12.7. The third kappa shape index (κ3) is 6.76. The summed E-state index contributed by atoms with van der Waals surface area (Å²) in [6.45, 7) is 7.23. The summed E-state index contributed by atoms with van der Waals surface area (Å²) in [6.07, 6.45) is 1.33. The van der Waals surface area contributed by atoms with E-state index in [1.807, 2.05) is 24.3 Å². The van der Waals surface area contributed by atoms with Gasteiger partial charge in [0.1, 0.15) is 17.4 Å². The van der Waals surface area contributed by atoms with Gasteiger partial charge < -0.3 is 10.1 Å². The second-order valence-corrected chi connectivity index (χ2v) is 9.40. The molecule has 2 N–H and O–H groups in total. The molecule has 0 spiro atoms. The van der Waals surface area contributed by atoms with Crippen molar-refractivity contribution in [2.45, 2.75) is 51.5 Å². The van der Waals surface area contributed by atoms with Crippen molar-refractivity contribution in [3.8, 4) is 5.75 Å². The molecule has 1 unspecified atom stereocenters. The van der Waals surface area contributed by atoms with E-state index in [1.54, 1.807) is 26.8 Å². The number of aromatic nitrogens is 2. The Hall–Kier alpha value is -3.46. The zero-order valence-electron chi connectivity index (χ0n) is 19.1. The van der Waals surface area contributed by atoms with Crippen LogP contribution in [-0.2, 0) is 21.2 Å². The molecule has 174 valence electrons. The largest absolute Gasteiger partial charge is 0.481 e. The van der Waals surface area contributed by atoms with Crippen LogP contribution in [0.15, 0.2) is 59.5 Å². The van der Waals surface area contributed by atoms with E-state index in [4.69, 9.17) is 4.74 Å². The van der Waals surface area contributed by atoms with Gasteiger partial charge in [-0.2, -0.15) is 0 Å². The molecule has 8 nitrogen and oxygen atoms in total. The van der Waals surface area contributed by atoms with Crippen LogP contribution in [0.2, 0.25) is 0 Å². The van der Waals surface area contributed by atoms with Crippen molar-refractivity contribution >= 4 is 27.4 Å². The number of carbonyl (C=O) groups excluding carboxylic acids is 1. The summed E-state index contributed by atoms with van der Waals surface area (Å²) in [5.41, 5.74) is 2.34. The van der Waals surface area contributed by atoms with Crippen LogP contribution in [0.4, 0.5) is 11.5 Å². The van der Waals surface area contributed by atoms with Gasteiger partial charge in [-0.05, 0) is 69.2 Å². The molecule has 3 aromatic rings. The Kier molecular flexibility index (Phi) is 7.65. The molecule has 0 bridgehead atoms. The molecule has 1 aromatic heterocycles. The molecule has 1 amide bonds. The van der Waals surface area contributed by atoms with E-state index in [9.17, 15) is 13.2 Å². The van der Waals surface area contributed by atoms with Gasteiger partial charge in [-0.1, -0.05) is 25.5 Å². The summed E-state index contributed by atoms with van der Waals surface area (Å²) in [5, 5.41) is 2.74. The fraction of sp³-hybridized carbons (Fsp3) is 0.292. The normalized spacial score (nSPS) is 12.1. The number of carbonyl (C=O) groups is 1. The van der Waals surface area contributed by atoms with Crippen molar-refractivity contribution in [2.24, 2.45) is 0 Å². The van der Waals surface area contributed by atoms with Crippen LogP contribution < -0.4 is 14.8 Å². The molecule has 0 radical (unpaired) electrons. The molecule has 0 saturated heterocycles. The summed E-state index contributed by atoms with van der Waals surface area (Å²) >= 11 is 0. The molecule has 1 atom stereocenters. The van der Waals surface area contributed by atoms with Crippen LogP contribution in [-0.4, -0.2) is 30.4 Å². The van der Waals surface area contributed by atoms with Crippen LogP contribution >= 0.6 is 0 Å². The lowest BCUT2D eigenvalue weighted by Crippen LogP contribution is -2.30. The third-order valence-electron chi connectivity index (χ3n) is 4.78. The van der Waals surface area contributed by atoms with E-state index < -0.39 is 16.1 Å². The number of aryl methyl sites for hydroxylation is 3. The fourth-order valence-electron chi connectivity index (χ4n) is 3.21. The lowest BCUT2D eigenvalue weighted by Gasteiger charge is -2.15. The molecule has 9 heteroatoms. The highest BCUT2D eigenvalue weighted by Crippen LogP contribution is 2.19. The van der Waals surface area contributed by atoms with E-state index in [-0.39, 0.29) is 16.6 Å². The first-order chi connectivity index (χ1) is 15.7. The van der Waals surface area contributed by atoms with E-state index >= 15 is 0 Å². The zero-order valence-corrected chi connectivity index (χ0v) is 19.9. The van der Waals surface area contributed by atoms with Gasteiger partial charge in [-0.15, -0.1) is 0 Å². The summed E-state index contributed by atoms with van der Waals surface area (Å²) in [5.74, 6) is 0.943. The molecule has 1 heterocycles. The Balaban J connectivity index is 1.61. The van der Waals surface area contributed by atoms with Crippen LogP contribution in [0.5, 0.6) is 5.75 Å². The highest BCUT2D eigenvalue weighted by atomic mass is 32.2. The highest BCUT2D eigenvalue weighted by Gasteiger charge is 2.18. The van der Waals surface area contributed by atoms with Crippen LogP contribution in [0.25, 0.3) is 0 Å². The summed E-state index contributed by atoms with van der Waals surface area (Å²) < 4.78 is 33.5. The lowest BCUT2D eigenvalue weighted by molar-refractivity contribution is -0.122. The monoisotopic (exact) mass is 468 g/mol. The summed E-state index contributed by atoms with van der Waals surface area (Å²) in [4.78, 5) is 20.8. The first-order valence-corrected chi connectivity index (χ1v) is 12.2. The molecular weight excluding hydrogens is 440 g/mol. The van der Waals surface area contributed by atoms with Crippen molar-refractivity contribution in [2.75, 3.05) is 10.0 Å². The zero-order chi connectivity index (χ0) is 24.0. The first-order valence-electron chi connectivity index (χ1n) is 10.7. The number of anilines is 2. The lowest BCUT2D eigenvalue weighted by atomic mass is 10.1. The van der Waals surface area contributed by atoms with Crippen LogP contribution in [0.1, 0.15) is 37.4 Å². The summed E-state index contributed by atoms with van der Waals surface area (Å²) in [7, 11) is -3.83. The van der Waals surface area contributed by atoms with Crippen LogP contribution in [0.3, 0.4) is 0 Å². The van der Waals surface area contributed by atoms with E-state index in [2.05, 4.69) is 26.9 Å². The first kappa shape index (κ1) is 24.2. The number of nitrogens with zero attached hydrogens (tertiary/aromatic N) is 2. The van der Waals surface area contributed by atoms with Gasteiger partial charge in [0.25, 0.3) is 15.9 Å². The van der Waals surface area contributed by atoms with Crippen molar-refractivity contribution in [3.05, 3.63) is 71.7 Å². The second kappa shape index (κ2) is 10.4. The maximum absolute atomic E-state index is 12.7. The van der Waals surface area contributed by atoms with E-state index in [0.717, 1.165) is 12.8 Å². The average molecular weight is 469 g/mol. The Bertz CT molecular complexity index is 1190. The van der Waals surface area contributed by atoms with E-state index in [0.29, 0.717) is 23.0 Å². The fourth-order valence-corrected chi connectivity index (χ4v) is 4.20. The number of benzene rings is 2. The van der Waals surface area contributed by atoms with Gasteiger partial charge in [-0.3, -0.25) is 9.52 Å². The minimum Gasteiger partial charge on any atom is -0.481 e. The predicted molar refractivity (Wildman–Crippen MR) is 128 cm³/mol. The quantitative estimate of drug-likeness (QED) is 0.486. The van der Waals surface area contributed by atoms with Gasteiger partial charge in [0.2, 0.25) is 0 Å². The number of nitrogens with one attached hydrogen (secondary N) is 2. The Morgan fingerprint density at radius 2 is 1.70 bits per heavy atom. The molecule has 0 aliphatic rings. The van der Waals surface area contributed by atoms with Crippen molar-refractivity contribution in [3.63, 3.8) is 0 Å². The number of sulfonamides is 1. The van der Waals surface area contributed by atoms with Crippen molar-refractivity contribution < 1.29 is 17.9 Å². The average Bonchev–Trinajstić information content (AvgIpc) is 2.74. The molecule has 2 aromatic carbocycles. The number of rotatable bonds is 9. The topological polar surface area (TPSA) is 110 Å². The Morgan fingerprint density at radius 3 is 2.30 bits per heavy atom. The maximum Gasteiger partial charge on any atom is 0.265 e. The summed E-state index contributed by atoms with van der Waals surface area (Å²) in [6, 6.07) is 15.1. The van der Waals surface area contributed by atoms with Crippen molar-refractivity contribution in [1.29, 1.82) is 0 Å². The van der Waals surface area contributed by atoms with E-state index in [1.165, 1.54) is 29.8 Å². The second-order valence-electron chi connectivity index (χ2n) is 7.71. The van der Waals surface area contributed by atoms with Crippen molar-refractivity contribution in [1.82, 2.24) is 9.97 Å². The minimum atomic E-state index is -3.83. The minimum absolute atomic E-state index is 0.0471. The molecule has 0 aliphatic carbocycles. The molecule has 0 fully saturated rings. The van der Waals surface area contributed by atoms with Gasteiger partial charge in [-0.25, -0.2) is 18.4 Å². The number of hydrogen-bond acceptors (Lipinski definition) is 6. The van der Waals surface area contributed by atoms with Crippen LogP contribution in [0, 0.1) is 13.8 Å². The molecular formula is C24H28N4O4S. The molecule has 0 aliphatic heterocycles. The molecule has 3 rings (SSSR count). The predicted octanol–water partition coefficient (Wildman–Crippen LogP) is 4.25. The highest BCUT2D eigenvalue weighted by molar-refractivity contribution is 7.92. The number of ether oxygens (including phenoxy) is 1. The SMILES string of the molecule is CCCc1ccc(OC(C)C(=O)Nc2ccc(S(=O)(=O)Nc3cc(C)nc(C)n3)cc2)cc1. The van der Waals surface area contributed by atoms with Gasteiger partial charge in [0, 0.05) is 17.4 Å². The number of amides is 1. The smallest absolute Gasteiger partial charge is 0.265 e. The third-order valence-corrected chi connectivity index (χ3v) is 6.15. The van der Waals surface area contributed by atoms with Gasteiger partial charge in [0.15, 0.2) is 6.10 Å². The Labute approximate surface area is 194 Å². The molecule has 0 saturated carbocycles. The number of hydrogen-bond donors (Lipinski definition) is 2. The van der Waals surface area contributed by atoms with Gasteiger partial charge in [0.05, 0.1) is 4.90 Å². The van der Waals surface area contributed by atoms with Gasteiger partial charge >= 0.3 is 0 Å². The molecule has 33 heavy (non-hydrogen) atoms. The standard InChI is InChI=1S/C24H28N4O4S/c1-5-6-19-7-11-21(12-8-19)32-17(3)24(29)27-20-9-13-22(14-10-20)33(30,31)28-23-15-16(2)25-18(4)26-23/h7-15,17H,5-6H2,1-4H3,(H,27,29)(H,25,26,28).